The number of carboxylic acid groups (broad SMARTS) is 1. The Morgan fingerprint density at radius 1 is 1.13 bits per heavy atom. The zero-order chi connectivity index (χ0) is 17.0. The van der Waals surface area contributed by atoms with Gasteiger partial charge in [0.25, 0.3) is 11.8 Å². The van der Waals surface area contributed by atoms with E-state index in [1.54, 1.807) is 18.2 Å². The van der Waals surface area contributed by atoms with Crippen molar-refractivity contribution in [2.24, 2.45) is 5.92 Å². The van der Waals surface area contributed by atoms with Crippen molar-refractivity contribution in [1.82, 2.24) is 10.6 Å². The number of hydrogen-bond donors (Lipinski definition) is 3. The normalized spacial score (nSPS) is 15.1. The lowest BCUT2D eigenvalue weighted by Gasteiger charge is -2.17. The Labute approximate surface area is 135 Å². The van der Waals surface area contributed by atoms with Gasteiger partial charge in [0.2, 0.25) is 0 Å². The molecule has 0 aliphatic heterocycles. The number of amides is 2. The van der Waals surface area contributed by atoms with Gasteiger partial charge < -0.3 is 15.7 Å². The van der Waals surface area contributed by atoms with Gasteiger partial charge in [-0.3, -0.25) is 9.59 Å². The monoisotopic (exact) mass is 318 g/mol. The lowest BCUT2D eigenvalue weighted by atomic mass is 10.0. The number of carbonyl (C=O) groups excluding carboxylic acids is 2. The number of nitrogens with one attached hydrogen (secondary N) is 2. The SMILES string of the molecule is CC(C)CC(NC(=O)c1ccccc1C(=O)NC1CC1)C(=O)O. The van der Waals surface area contributed by atoms with E-state index in [4.69, 9.17) is 0 Å². The summed E-state index contributed by atoms with van der Waals surface area (Å²) < 4.78 is 0. The predicted molar refractivity (Wildman–Crippen MR) is 85.3 cm³/mol. The average molecular weight is 318 g/mol. The van der Waals surface area contributed by atoms with Gasteiger partial charge >= 0.3 is 5.97 Å². The van der Waals surface area contributed by atoms with Gasteiger partial charge in [-0.15, -0.1) is 0 Å². The van der Waals surface area contributed by atoms with Crippen LogP contribution in [0.2, 0.25) is 0 Å². The summed E-state index contributed by atoms with van der Waals surface area (Å²) in [4.78, 5) is 35.9. The van der Waals surface area contributed by atoms with Gasteiger partial charge in [-0.2, -0.15) is 0 Å². The molecule has 0 heterocycles. The summed E-state index contributed by atoms with van der Waals surface area (Å²) in [5.41, 5.74) is 0.464. The van der Waals surface area contributed by atoms with Crippen LogP contribution in [0.25, 0.3) is 0 Å². The Kier molecular flexibility index (Phi) is 5.36. The fraction of sp³-hybridized carbons (Fsp3) is 0.471. The molecule has 23 heavy (non-hydrogen) atoms. The fourth-order valence-corrected chi connectivity index (χ4v) is 2.30. The second-order valence-electron chi connectivity index (χ2n) is 6.29. The van der Waals surface area contributed by atoms with Gasteiger partial charge in [-0.05, 0) is 37.3 Å². The minimum Gasteiger partial charge on any atom is -0.480 e. The van der Waals surface area contributed by atoms with Gasteiger partial charge in [0, 0.05) is 6.04 Å². The standard InChI is InChI=1S/C17H22N2O4/c1-10(2)9-14(17(22)23)19-16(21)13-6-4-3-5-12(13)15(20)18-11-7-8-11/h3-6,10-11,14H,7-9H2,1-2H3,(H,18,20)(H,19,21)(H,22,23). The molecule has 0 radical (unpaired) electrons. The van der Waals surface area contributed by atoms with Gasteiger partial charge in [-0.25, -0.2) is 4.79 Å². The molecule has 2 rings (SSSR count). The number of hydrogen-bond acceptors (Lipinski definition) is 3. The molecule has 1 aromatic carbocycles. The van der Waals surface area contributed by atoms with Crippen molar-refractivity contribution in [3.63, 3.8) is 0 Å². The first kappa shape index (κ1) is 17.0. The topological polar surface area (TPSA) is 95.5 Å². The van der Waals surface area contributed by atoms with Crippen molar-refractivity contribution in [2.75, 3.05) is 0 Å². The zero-order valence-electron chi connectivity index (χ0n) is 13.3. The minimum absolute atomic E-state index is 0.129. The Morgan fingerprint density at radius 2 is 1.70 bits per heavy atom. The van der Waals surface area contributed by atoms with Crippen LogP contribution in [0.5, 0.6) is 0 Å². The van der Waals surface area contributed by atoms with E-state index in [2.05, 4.69) is 10.6 Å². The van der Waals surface area contributed by atoms with Crippen molar-refractivity contribution in [3.8, 4) is 0 Å². The zero-order valence-corrected chi connectivity index (χ0v) is 13.3. The Hall–Kier alpha value is -2.37. The lowest BCUT2D eigenvalue weighted by molar-refractivity contribution is -0.139. The van der Waals surface area contributed by atoms with Crippen molar-refractivity contribution >= 4 is 17.8 Å². The lowest BCUT2D eigenvalue weighted by Crippen LogP contribution is -2.42. The molecule has 1 saturated carbocycles. The first-order valence-electron chi connectivity index (χ1n) is 7.82. The highest BCUT2D eigenvalue weighted by Gasteiger charge is 2.27. The van der Waals surface area contributed by atoms with Crippen LogP contribution in [0.3, 0.4) is 0 Å². The van der Waals surface area contributed by atoms with Crippen LogP contribution in [0.15, 0.2) is 24.3 Å². The first-order valence-corrected chi connectivity index (χ1v) is 7.82. The van der Waals surface area contributed by atoms with Gasteiger partial charge in [0.1, 0.15) is 6.04 Å². The summed E-state index contributed by atoms with van der Waals surface area (Å²) in [6.07, 6.45) is 2.24. The van der Waals surface area contributed by atoms with Crippen LogP contribution in [0, 0.1) is 5.92 Å². The maximum atomic E-state index is 12.4. The third-order valence-electron chi connectivity index (χ3n) is 3.64. The highest BCUT2D eigenvalue weighted by molar-refractivity contribution is 6.08. The highest BCUT2D eigenvalue weighted by atomic mass is 16.4. The van der Waals surface area contributed by atoms with E-state index in [0.29, 0.717) is 6.42 Å². The van der Waals surface area contributed by atoms with E-state index in [1.165, 1.54) is 6.07 Å². The van der Waals surface area contributed by atoms with E-state index in [1.807, 2.05) is 13.8 Å². The molecule has 0 bridgehead atoms. The summed E-state index contributed by atoms with van der Waals surface area (Å²) in [5.74, 6) is -1.79. The Morgan fingerprint density at radius 3 is 2.17 bits per heavy atom. The van der Waals surface area contributed by atoms with E-state index in [0.717, 1.165) is 12.8 Å². The number of rotatable bonds is 7. The van der Waals surface area contributed by atoms with Crippen molar-refractivity contribution in [2.45, 2.75) is 45.2 Å². The van der Waals surface area contributed by atoms with Crippen LogP contribution in [-0.2, 0) is 4.79 Å². The third kappa shape index (κ3) is 4.81. The fourth-order valence-electron chi connectivity index (χ4n) is 2.30. The third-order valence-corrected chi connectivity index (χ3v) is 3.64. The first-order chi connectivity index (χ1) is 10.9. The van der Waals surface area contributed by atoms with E-state index < -0.39 is 17.9 Å². The molecule has 3 N–H and O–H groups in total. The van der Waals surface area contributed by atoms with Crippen LogP contribution in [0.1, 0.15) is 53.8 Å². The Balaban J connectivity index is 2.14. The largest absolute Gasteiger partial charge is 0.480 e. The molecule has 2 amide bonds. The van der Waals surface area contributed by atoms with Crippen LogP contribution in [0.4, 0.5) is 0 Å². The van der Waals surface area contributed by atoms with Gasteiger partial charge in [0.05, 0.1) is 11.1 Å². The molecule has 1 atom stereocenters. The summed E-state index contributed by atoms with van der Waals surface area (Å²) in [5, 5.41) is 14.6. The van der Waals surface area contributed by atoms with Crippen molar-refractivity contribution in [3.05, 3.63) is 35.4 Å². The van der Waals surface area contributed by atoms with E-state index in [-0.39, 0.29) is 29.0 Å². The number of carboxylic acids is 1. The summed E-state index contributed by atoms with van der Waals surface area (Å²) in [6, 6.07) is 5.66. The van der Waals surface area contributed by atoms with Crippen LogP contribution < -0.4 is 10.6 Å². The molecule has 1 aliphatic carbocycles. The maximum absolute atomic E-state index is 12.4. The van der Waals surface area contributed by atoms with E-state index in [9.17, 15) is 19.5 Å². The van der Waals surface area contributed by atoms with Crippen LogP contribution in [-0.4, -0.2) is 35.0 Å². The maximum Gasteiger partial charge on any atom is 0.326 e. The molecule has 124 valence electrons. The van der Waals surface area contributed by atoms with Gasteiger partial charge in [0.15, 0.2) is 0 Å². The predicted octanol–water partition coefficient (Wildman–Crippen LogP) is 1.81. The summed E-state index contributed by atoms with van der Waals surface area (Å²) in [7, 11) is 0. The highest BCUT2D eigenvalue weighted by Crippen LogP contribution is 2.20. The molecule has 0 spiro atoms. The molecule has 0 aromatic heterocycles. The van der Waals surface area contributed by atoms with Crippen molar-refractivity contribution in [1.29, 1.82) is 0 Å². The second-order valence-corrected chi connectivity index (χ2v) is 6.29. The van der Waals surface area contributed by atoms with Gasteiger partial charge in [-0.1, -0.05) is 26.0 Å². The Bertz CT molecular complexity index is 608. The number of aliphatic carboxylic acids is 1. The van der Waals surface area contributed by atoms with Crippen LogP contribution >= 0.6 is 0 Å². The quantitative estimate of drug-likeness (QED) is 0.714. The molecule has 6 nitrogen and oxygen atoms in total. The number of carbonyl (C=O) groups is 3. The average Bonchev–Trinajstić information content (AvgIpc) is 3.29. The smallest absolute Gasteiger partial charge is 0.326 e. The second kappa shape index (κ2) is 7.26. The molecule has 6 heteroatoms. The minimum atomic E-state index is -1.08. The molecular weight excluding hydrogens is 296 g/mol. The van der Waals surface area contributed by atoms with E-state index >= 15 is 0 Å². The summed E-state index contributed by atoms with van der Waals surface area (Å²) >= 11 is 0. The molecule has 1 unspecified atom stereocenters. The number of benzene rings is 1. The summed E-state index contributed by atoms with van der Waals surface area (Å²) in [6.45, 7) is 3.78. The molecule has 0 saturated heterocycles. The molecule has 1 aliphatic rings. The molecule has 1 fully saturated rings. The molecule has 1 aromatic rings. The molecular formula is C17H22N2O4. The van der Waals surface area contributed by atoms with Crippen molar-refractivity contribution < 1.29 is 19.5 Å².